The van der Waals surface area contributed by atoms with Crippen molar-refractivity contribution in [2.24, 2.45) is 0 Å². The Hall–Kier alpha value is -1.94. The number of aldehydes is 1. The number of ether oxygens (including phenoxy) is 1. The number of hydrogen-bond donors (Lipinski definition) is 0. The average Bonchev–Trinajstić information content (AvgIpc) is 2.74. The van der Waals surface area contributed by atoms with Crippen LogP contribution in [0.3, 0.4) is 0 Å². The number of rotatable bonds is 5. The summed E-state index contributed by atoms with van der Waals surface area (Å²) in [5.41, 5.74) is 3.68. The van der Waals surface area contributed by atoms with E-state index in [0.29, 0.717) is 12.2 Å². The van der Waals surface area contributed by atoms with Gasteiger partial charge in [0.15, 0.2) is 6.29 Å². The smallest absolute Gasteiger partial charge is 0.151 e. The Morgan fingerprint density at radius 2 is 2.33 bits per heavy atom. The molecule has 0 radical (unpaired) electrons. The van der Waals surface area contributed by atoms with Crippen molar-refractivity contribution in [1.29, 1.82) is 0 Å². The van der Waals surface area contributed by atoms with E-state index in [4.69, 9.17) is 4.74 Å². The van der Waals surface area contributed by atoms with Gasteiger partial charge in [-0.15, -0.1) is 0 Å². The molecule has 18 heavy (non-hydrogen) atoms. The van der Waals surface area contributed by atoms with Gasteiger partial charge in [-0.3, -0.25) is 9.78 Å². The van der Waals surface area contributed by atoms with Crippen molar-refractivity contribution in [2.45, 2.75) is 13.5 Å². The van der Waals surface area contributed by atoms with Crippen molar-refractivity contribution in [3.05, 3.63) is 41.9 Å². The Morgan fingerprint density at radius 3 is 2.94 bits per heavy atom. The highest BCUT2D eigenvalue weighted by Gasteiger charge is 2.12. The van der Waals surface area contributed by atoms with E-state index in [0.717, 1.165) is 29.8 Å². The van der Waals surface area contributed by atoms with E-state index in [1.165, 1.54) is 0 Å². The van der Waals surface area contributed by atoms with Gasteiger partial charge in [-0.05, 0) is 25.1 Å². The largest absolute Gasteiger partial charge is 0.383 e. The van der Waals surface area contributed by atoms with Gasteiger partial charge in [0.05, 0.1) is 12.3 Å². The van der Waals surface area contributed by atoms with Gasteiger partial charge >= 0.3 is 0 Å². The zero-order valence-electron chi connectivity index (χ0n) is 10.6. The van der Waals surface area contributed by atoms with Gasteiger partial charge in [-0.25, -0.2) is 0 Å². The number of hydrogen-bond acceptors (Lipinski definition) is 3. The average molecular weight is 244 g/mol. The predicted molar refractivity (Wildman–Crippen MR) is 69.7 cm³/mol. The third-order valence-electron chi connectivity index (χ3n) is 3.01. The molecule has 0 N–H and O–H groups in total. The summed E-state index contributed by atoms with van der Waals surface area (Å²) in [6, 6.07) is 5.77. The van der Waals surface area contributed by atoms with E-state index in [-0.39, 0.29) is 0 Å². The summed E-state index contributed by atoms with van der Waals surface area (Å²) in [6.45, 7) is 3.28. The number of pyridine rings is 1. The fraction of sp³-hybridized carbons (Fsp3) is 0.286. The first-order chi connectivity index (χ1) is 8.77. The van der Waals surface area contributed by atoms with Crippen LogP contribution in [0.1, 0.15) is 16.1 Å². The van der Waals surface area contributed by atoms with Crippen molar-refractivity contribution in [1.82, 2.24) is 9.55 Å². The van der Waals surface area contributed by atoms with Crippen LogP contribution >= 0.6 is 0 Å². The second-order valence-corrected chi connectivity index (χ2v) is 4.07. The fourth-order valence-corrected chi connectivity index (χ4v) is 2.01. The van der Waals surface area contributed by atoms with Crippen molar-refractivity contribution < 1.29 is 9.53 Å². The molecule has 4 nitrogen and oxygen atoms in total. The van der Waals surface area contributed by atoms with Gasteiger partial charge in [0.25, 0.3) is 0 Å². The highest BCUT2D eigenvalue weighted by atomic mass is 16.5. The molecule has 0 aliphatic heterocycles. The lowest BCUT2D eigenvalue weighted by atomic mass is 10.2. The van der Waals surface area contributed by atoms with Gasteiger partial charge in [-0.2, -0.15) is 0 Å². The summed E-state index contributed by atoms with van der Waals surface area (Å²) in [6.07, 6.45) is 4.42. The predicted octanol–water partition coefficient (Wildman–Crippen LogP) is 2.32. The van der Waals surface area contributed by atoms with E-state index in [2.05, 4.69) is 9.55 Å². The lowest BCUT2D eigenvalue weighted by molar-refractivity contribution is 0.112. The first kappa shape index (κ1) is 12.5. The summed E-state index contributed by atoms with van der Waals surface area (Å²) in [7, 11) is 1.67. The van der Waals surface area contributed by atoms with Gasteiger partial charge in [0, 0.05) is 42.9 Å². The van der Waals surface area contributed by atoms with E-state index in [9.17, 15) is 4.79 Å². The molecule has 94 valence electrons. The van der Waals surface area contributed by atoms with Gasteiger partial charge < -0.3 is 9.30 Å². The van der Waals surface area contributed by atoms with Crippen molar-refractivity contribution in [3.63, 3.8) is 0 Å². The van der Waals surface area contributed by atoms with Crippen LogP contribution < -0.4 is 0 Å². The zero-order valence-corrected chi connectivity index (χ0v) is 10.6. The maximum Gasteiger partial charge on any atom is 0.151 e. The molecule has 0 saturated carbocycles. The van der Waals surface area contributed by atoms with Crippen LogP contribution in [0.15, 0.2) is 30.6 Å². The molecule has 0 fully saturated rings. The minimum atomic E-state index is 0.612. The van der Waals surface area contributed by atoms with Crippen LogP contribution in [-0.4, -0.2) is 29.6 Å². The van der Waals surface area contributed by atoms with Crippen molar-refractivity contribution in [2.75, 3.05) is 13.7 Å². The number of nitrogens with zero attached hydrogens (tertiary/aromatic N) is 2. The molecule has 0 unspecified atom stereocenters. The summed E-state index contributed by atoms with van der Waals surface area (Å²) in [4.78, 5) is 15.2. The third kappa shape index (κ3) is 2.33. The maximum atomic E-state index is 11.0. The molecule has 4 heteroatoms. The second kappa shape index (κ2) is 5.60. The molecule has 0 aliphatic carbocycles. The highest BCUT2D eigenvalue weighted by molar-refractivity contribution is 5.80. The molecule has 0 aliphatic rings. The Bertz CT molecular complexity index is 532. The first-order valence-electron chi connectivity index (χ1n) is 5.82. The molecule has 2 rings (SSSR count). The molecule has 0 aromatic carbocycles. The van der Waals surface area contributed by atoms with Crippen LogP contribution in [0.2, 0.25) is 0 Å². The van der Waals surface area contributed by atoms with Gasteiger partial charge in [-0.1, -0.05) is 0 Å². The van der Waals surface area contributed by atoms with E-state index in [1.807, 2.05) is 25.1 Å². The molecule has 0 spiro atoms. The lowest BCUT2D eigenvalue weighted by Gasteiger charge is -2.11. The highest BCUT2D eigenvalue weighted by Crippen LogP contribution is 2.24. The number of aromatic nitrogens is 2. The molecule has 2 aromatic rings. The van der Waals surface area contributed by atoms with Crippen molar-refractivity contribution >= 4 is 6.29 Å². The number of carbonyl (C=O) groups excluding carboxylic acids is 1. The standard InChI is InChI=1S/C14H16N2O2/c1-11-13(10-17)8-14(16(11)6-7-18-2)12-4-3-5-15-9-12/h3-5,8-10H,6-7H2,1-2H3. The monoisotopic (exact) mass is 244 g/mol. The van der Waals surface area contributed by atoms with Crippen molar-refractivity contribution in [3.8, 4) is 11.3 Å². The number of carbonyl (C=O) groups is 1. The van der Waals surface area contributed by atoms with Crippen LogP contribution in [-0.2, 0) is 11.3 Å². The maximum absolute atomic E-state index is 11.0. The Balaban J connectivity index is 2.48. The second-order valence-electron chi connectivity index (χ2n) is 4.07. The Labute approximate surface area is 106 Å². The lowest BCUT2D eigenvalue weighted by Crippen LogP contribution is -2.07. The normalized spacial score (nSPS) is 10.6. The third-order valence-corrected chi connectivity index (χ3v) is 3.01. The van der Waals surface area contributed by atoms with E-state index >= 15 is 0 Å². The molecule has 2 heterocycles. The minimum absolute atomic E-state index is 0.612. The van der Waals surface area contributed by atoms with Gasteiger partial charge in [0.1, 0.15) is 0 Å². The van der Waals surface area contributed by atoms with Gasteiger partial charge in [0.2, 0.25) is 0 Å². The van der Waals surface area contributed by atoms with Crippen LogP contribution in [0, 0.1) is 6.92 Å². The first-order valence-corrected chi connectivity index (χ1v) is 5.82. The zero-order chi connectivity index (χ0) is 13.0. The Kier molecular flexibility index (Phi) is 3.89. The fourth-order valence-electron chi connectivity index (χ4n) is 2.01. The van der Waals surface area contributed by atoms with E-state index < -0.39 is 0 Å². The minimum Gasteiger partial charge on any atom is -0.383 e. The summed E-state index contributed by atoms with van der Waals surface area (Å²) in [5, 5.41) is 0. The SMILES string of the molecule is COCCn1c(-c2cccnc2)cc(C=O)c1C. The molecule has 2 aromatic heterocycles. The van der Waals surface area contributed by atoms with Crippen LogP contribution in [0.4, 0.5) is 0 Å². The summed E-state index contributed by atoms with van der Waals surface area (Å²) < 4.78 is 7.20. The quantitative estimate of drug-likeness (QED) is 0.758. The molecule has 0 atom stereocenters. The summed E-state index contributed by atoms with van der Waals surface area (Å²) >= 11 is 0. The Morgan fingerprint density at radius 1 is 1.50 bits per heavy atom. The topological polar surface area (TPSA) is 44.1 Å². The molecular weight excluding hydrogens is 228 g/mol. The van der Waals surface area contributed by atoms with Crippen LogP contribution in [0.5, 0.6) is 0 Å². The molecular formula is C14H16N2O2. The number of methoxy groups -OCH3 is 1. The molecule has 0 bridgehead atoms. The molecule has 0 saturated heterocycles. The van der Waals surface area contributed by atoms with E-state index in [1.54, 1.807) is 19.5 Å². The summed E-state index contributed by atoms with van der Waals surface area (Å²) in [5.74, 6) is 0. The van der Waals surface area contributed by atoms with Crippen LogP contribution in [0.25, 0.3) is 11.3 Å². The molecule has 0 amide bonds.